The summed E-state index contributed by atoms with van der Waals surface area (Å²) in [6.45, 7) is 0.115. The topological polar surface area (TPSA) is 116 Å². The van der Waals surface area contributed by atoms with Gasteiger partial charge in [0.15, 0.2) is 31.2 Å². The zero-order valence-corrected chi connectivity index (χ0v) is 16.3. The number of carbonyl (C=O) groups excluding carboxylic acids is 1. The van der Waals surface area contributed by atoms with Gasteiger partial charge in [0.1, 0.15) is 0 Å². The first kappa shape index (κ1) is 18.8. The second kappa shape index (κ2) is 6.78. The lowest BCUT2D eigenvalue weighted by Gasteiger charge is -2.12. The summed E-state index contributed by atoms with van der Waals surface area (Å²) < 4.78 is 59.3. The monoisotopic (exact) mass is 423 g/mol. The fourth-order valence-electron chi connectivity index (χ4n) is 3.19. The van der Waals surface area contributed by atoms with Gasteiger partial charge < -0.3 is 14.8 Å². The molecule has 4 rings (SSSR count). The van der Waals surface area contributed by atoms with E-state index in [1.165, 1.54) is 24.3 Å². The number of anilines is 1. The minimum Gasteiger partial charge on any atom is -0.454 e. The fourth-order valence-corrected chi connectivity index (χ4v) is 7.59. The lowest BCUT2D eigenvalue weighted by Crippen LogP contribution is -2.23. The highest BCUT2D eigenvalue weighted by Gasteiger charge is 2.38. The maximum atomic E-state index is 12.8. The third kappa shape index (κ3) is 3.57. The van der Waals surface area contributed by atoms with Crippen molar-refractivity contribution in [1.29, 1.82) is 0 Å². The van der Waals surface area contributed by atoms with E-state index in [9.17, 15) is 21.6 Å². The molecule has 2 aliphatic heterocycles. The highest BCUT2D eigenvalue weighted by atomic mass is 32.2. The Morgan fingerprint density at radius 2 is 1.86 bits per heavy atom. The van der Waals surface area contributed by atoms with Crippen molar-refractivity contribution in [2.45, 2.75) is 16.6 Å². The predicted octanol–water partition coefficient (Wildman–Crippen LogP) is 1.63. The Labute approximate surface area is 162 Å². The third-order valence-corrected chi connectivity index (χ3v) is 8.85. The summed E-state index contributed by atoms with van der Waals surface area (Å²) in [4.78, 5) is 12.5. The van der Waals surface area contributed by atoms with Crippen LogP contribution in [0.3, 0.4) is 0 Å². The van der Waals surface area contributed by atoms with Crippen LogP contribution < -0.4 is 14.8 Å². The number of hydrogen-bond donors (Lipinski definition) is 1. The Morgan fingerprint density at radius 3 is 2.61 bits per heavy atom. The number of benzene rings is 2. The van der Waals surface area contributed by atoms with E-state index in [4.69, 9.17) is 9.47 Å². The van der Waals surface area contributed by atoms with Crippen molar-refractivity contribution < 1.29 is 31.1 Å². The number of sulfone groups is 2. The van der Waals surface area contributed by atoms with Gasteiger partial charge in [0.25, 0.3) is 5.91 Å². The van der Waals surface area contributed by atoms with Gasteiger partial charge in [0, 0.05) is 17.3 Å². The van der Waals surface area contributed by atoms with Gasteiger partial charge in [-0.05, 0) is 36.8 Å². The van der Waals surface area contributed by atoms with Gasteiger partial charge >= 0.3 is 0 Å². The van der Waals surface area contributed by atoms with Gasteiger partial charge in [-0.15, -0.1) is 0 Å². The Morgan fingerprint density at radius 1 is 1.07 bits per heavy atom. The zero-order chi connectivity index (χ0) is 19.9. The Hall–Kier alpha value is -2.59. The minimum atomic E-state index is -3.84. The smallest absolute Gasteiger partial charge is 0.255 e. The summed E-state index contributed by atoms with van der Waals surface area (Å²) in [5.74, 6) is 0.0774. The highest BCUT2D eigenvalue weighted by molar-refractivity contribution is 7.96. The molecule has 2 aliphatic rings. The summed E-state index contributed by atoms with van der Waals surface area (Å²) in [6.07, 6.45) is 0.0677. The molecule has 10 heteroatoms. The van der Waals surface area contributed by atoms with Gasteiger partial charge in [0.2, 0.25) is 6.79 Å². The average Bonchev–Trinajstić information content (AvgIpc) is 3.27. The van der Waals surface area contributed by atoms with Crippen LogP contribution in [0.2, 0.25) is 0 Å². The molecular formula is C18H17NO7S2. The van der Waals surface area contributed by atoms with E-state index in [-0.39, 0.29) is 35.2 Å². The molecule has 1 atom stereocenters. The van der Waals surface area contributed by atoms with Crippen molar-refractivity contribution >= 4 is 31.3 Å². The maximum Gasteiger partial charge on any atom is 0.255 e. The second-order valence-electron chi connectivity index (χ2n) is 6.62. The number of ether oxygens (including phenoxy) is 2. The first-order chi connectivity index (χ1) is 13.2. The molecule has 1 N–H and O–H groups in total. The van der Waals surface area contributed by atoms with Gasteiger partial charge in [-0.1, -0.05) is 6.07 Å². The zero-order valence-electron chi connectivity index (χ0n) is 14.6. The number of rotatable bonds is 4. The molecule has 8 nitrogen and oxygen atoms in total. The summed E-state index contributed by atoms with van der Waals surface area (Å²) in [5, 5.41) is 1.70. The lowest BCUT2D eigenvalue weighted by atomic mass is 10.2. The number of amides is 1. The van der Waals surface area contributed by atoms with E-state index in [1.807, 2.05) is 0 Å². The van der Waals surface area contributed by atoms with E-state index in [2.05, 4.69) is 5.32 Å². The third-order valence-electron chi connectivity index (χ3n) is 4.68. The van der Waals surface area contributed by atoms with Gasteiger partial charge in [-0.3, -0.25) is 4.79 Å². The maximum absolute atomic E-state index is 12.8. The van der Waals surface area contributed by atoms with Crippen molar-refractivity contribution in [2.75, 3.05) is 23.6 Å². The van der Waals surface area contributed by atoms with Crippen molar-refractivity contribution in [1.82, 2.24) is 0 Å². The number of nitrogens with one attached hydrogen (secondary N) is 1. The molecule has 2 heterocycles. The minimum absolute atomic E-state index is 0.0621. The number of hydrogen-bond acceptors (Lipinski definition) is 7. The SMILES string of the molecule is O=C(Nc1ccc2c(c1)OCO2)c1cccc(S(=O)(=O)[C@@H]2CCS(=O)(=O)C2)c1. The van der Waals surface area contributed by atoms with Crippen molar-refractivity contribution in [3.05, 3.63) is 48.0 Å². The molecule has 0 unspecified atom stereocenters. The molecule has 1 fully saturated rings. The predicted molar refractivity (Wildman–Crippen MR) is 101 cm³/mol. The first-order valence-corrected chi connectivity index (χ1v) is 11.9. The number of carbonyl (C=O) groups is 1. The molecule has 0 aliphatic carbocycles. The molecule has 148 valence electrons. The van der Waals surface area contributed by atoms with Crippen LogP contribution in [0, 0.1) is 0 Å². The van der Waals surface area contributed by atoms with Crippen LogP contribution in [0.4, 0.5) is 5.69 Å². The Kier molecular flexibility index (Phi) is 4.54. The summed E-state index contributed by atoms with van der Waals surface area (Å²) >= 11 is 0. The normalized spacial score (nSPS) is 20.1. The van der Waals surface area contributed by atoms with Crippen LogP contribution in [0.1, 0.15) is 16.8 Å². The van der Waals surface area contributed by atoms with Gasteiger partial charge in [0.05, 0.1) is 21.7 Å². The molecule has 0 bridgehead atoms. The molecule has 0 spiro atoms. The van der Waals surface area contributed by atoms with Crippen LogP contribution in [0.15, 0.2) is 47.4 Å². The molecule has 1 amide bonds. The van der Waals surface area contributed by atoms with Crippen molar-refractivity contribution in [3.8, 4) is 11.5 Å². The van der Waals surface area contributed by atoms with Gasteiger partial charge in [-0.2, -0.15) is 0 Å². The molecule has 0 radical (unpaired) electrons. The van der Waals surface area contributed by atoms with E-state index in [0.717, 1.165) is 0 Å². The average molecular weight is 423 g/mol. The Bertz CT molecular complexity index is 1160. The van der Waals surface area contributed by atoms with Crippen molar-refractivity contribution in [2.24, 2.45) is 0 Å². The Balaban J connectivity index is 1.56. The molecule has 0 aromatic heterocycles. The van der Waals surface area contributed by atoms with E-state index >= 15 is 0 Å². The molecule has 0 saturated carbocycles. The summed E-state index contributed by atoms with van der Waals surface area (Å²) in [6, 6.07) is 10.5. The molecular weight excluding hydrogens is 406 g/mol. The first-order valence-electron chi connectivity index (χ1n) is 8.50. The van der Waals surface area contributed by atoms with Crippen LogP contribution in [-0.4, -0.2) is 46.3 Å². The molecule has 28 heavy (non-hydrogen) atoms. The lowest BCUT2D eigenvalue weighted by molar-refractivity contribution is 0.102. The summed E-state index contributed by atoms with van der Waals surface area (Å²) in [7, 11) is -7.18. The molecule has 1 saturated heterocycles. The van der Waals surface area contributed by atoms with Crippen LogP contribution in [0.5, 0.6) is 11.5 Å². The standard InChI is InChI=1S/C18H17NO7S2/c20-18(19-13-4-5-16-17(9-13)26-11-25-16)12-2-1-3-14(8-12)28(23,24)15-6-7-27(21,22)10-15/h1-5,8-9,15H,6-7,10-11H2,(H,19,20)/t15-/m1/s1. The van der Waals surface area contributed by atoms with E-state index in [1.54, 1.807) is 18.2 Å². The molecule has 2 aromatic carbocycles. The quantitative estimate of drug-likeness (QED) is 0.794. The van der Waals surface area contributed by atoms with E-state index < -0.39 is 30.8 Å². The van der Waals surface area contributed by atoms with E-state index in [0.29, 0.717) is 17.2 Å². The van der Waals surface area contributed by atoms with Crippen LogP contribution in [-0.2, 0) is 19.7 Å². The number of fused-ring (bicyclic) bond motifs is 1. The largest absolute Gasteiger partial charge is 0.454 e. The van der Waals surface area contributed by atoms with Crippen molar-refractivity contribution in [3.63, 3.8) is 0 Å². The summed E-state index contributed by atoms with van der Waals surface area (Å²) in [5.41, 5.74) is 0.629. The van der Waals surface area contributed by atoms with Crippen LogP contribution >= 0.6 is 0 Å². The van der Waals surface area contributed by atoms with Crippen LogP contribution in [0.25, 0.3) is 0 Å². The van der Waals surface area contributed by atoms with Gasteiger partial charge in [-0.25, -0.2) is 16.8 Å². The fraction of sp³-hybridized carbons (Fsp3) is 0.278. The second-order valence-corrected chi connectivity index (χ2v) is 11.1. The molecule has 2 aromatic rings. The highest BCUT2D eigenvalue weighted by Crippen LogP contribution is 2.34.